The SMILES string of the molecule is C=CC(=O)N(C)CC#CCN(C)c1ccc(Nc2ncc(I)c(Nc3ccccc3C(=O)NC)n2)c(OC)c1. The number of para-hydroxylation sites is 1. The van der Waals surface area contributed by atoms with Crippen molar-refractivity contribution in [2.24, 2.45) is 0 Å². The minimum absolute atomic E-state index is 0.167. The van der Waals surface area contributed by atoms with Crippen molar-refractivity contribution in [2.75, 3.05) is 56.9 Å². The van der Waals surface area contributed by atoms with Gasteiger partial charge in [-0.25, -0.2) is 4.98 Å². The summed E-state index contributed by atoms with van der Waals surface area (Å²) in [5.41, 5.74) is 2.72. The summed E-state index contributed by atoms with van der Waals surface area (Å²) in [6.07, 6.45) is 2.95. The summed E-state index contributed by atoms with van der Waals surface area (Å²) < 4.78 is 6.40. The average Bonchev–Trinajstić information content (AvgIpc) is 2.96. The molecule has 0 atom stereocenters. The summed E-state index contributed by atoms with van der Waals surface area (Å²) in [5, 5.41) is 9.10. The molecule has 0 bridgehead atoms. The third-order valence-electron chi connectivity index (χ3n) is 5.58. The molecular weight excluding hydrogens is 609 g/mol. The van der Waals surface area contributed by atoms with Crippen LogP contribution in [-0.2, 0) is 4.79 Å². The molecule has 0 aliphatic heterocycles. The number of halogens is 1. The number of anilines is 5. The van der Waals surface area contributed by atoms with E-state index < -0.39 is 0 Å². The molecule has 0 saturated heterocycles. The van der Waals surface area contributed by atoms with Crippen molar-refractivity contribution in [3.8, 4) is 17.6 Å². The van der Waals surface area contributed by atoms with Crippen molar-refractivity contribution in [3.63, 3.8) is 0 Å². The van der Waals surface area contributed by atoms with E-state index in [1.54, 1.807) is 39.5 Å². The summed E-state index contributed by atoms with van der Waals surface area (Å²) in [5.74, 6) is 7.21. The molecule has 10 nitrogen and oxygen atoms in total. The second-order valence-electron chi connectivity index (χ2n) is 8.26. The molecule has 1 heterocycles. The second kappa shape index (κ2) is 14.0. The fourth-order valence-electron chi connectivity index (χ4n) is 3.38. The van der Waals surface area contributed by atoms with Gasteiger partial charge in [-0.1, -0.05) is 30.6 Å². The maximum absolute atomic E-state index is 12.3. The predicted molar refractivity (Wildman–Crippen MR) is 163 cm³/mol. The molecule has 0 spiro atoms. The zero-order valence-corrected chi connectivity index (χ0v) is 24.4. The summed E-state index contributed by atoms with van der Waals surface area (Å²) in [7, 11) is 6.78. The Bertz CT molecular complexity index is 1420. The Kier molecular flexibility index (Phi) is 10.5. The van der Waals surface area contributed by atoms with Crippen molar-refractivity contribution in [3.05, 3.63) is 70.5 Å². The zero-order chi connectivity index (χ0) is 28.4. The van der Waals surface area contributed by atoms with Crippen LogP contribution in [0.2, 0.25) is 0 Å². The normalized spacial score (nSPS) is 9.97. The van der Waals surface area contributed by atoms with Gasteiger partial charge in [0.25, 0.3) is 5.91 Å². The first kappa shape index (κ1) is 29.2. The number of rotatable bonds is 10. The Balaban J connectivity index is 1.74. The molecule has 11 heteroatoms. The maximum atomic E-state index is 12.3. The minimum atomic E-state index is -0.198. The van der Waals surface area contributed by atoms with Gasteiger partial charge in [0, 0.05) is 39.1 Å². The van der Waals surface area contributed by atoms with Gasteiger partial charge in [-0.2, -0.15) is 4.98 Å². The molecule has 0 fully saturated rings. The van der Waals surface area contributed by atoms with E-state index in [2.05, 4.69) is 66.9 Å². The zero-order valence-electron chi connectivity index (χ0n) is 22.2. The Hall–Kier alpha value is -4.31. The third kappa shape index (κ3) is 7.84. The third-order valence-corrected chi connectivity index (χ3v) is 6.37. The van der Waals surface area contributed by atoms with Crippen molar-refractivity contribution < 1.29 is 14.3 Å². The van der Waals surface area contributed by atoms with Crippen LogP contribution in [0.25, 0.3) is 0 Å². The lowest BCUT2D eigenvalue weighted by atomic mass is 10.1. The van der Waals surface area contributed by atoms with Gasteiger partial charge in [0.15, 0.2) is 0 Å². The number of likely N-dealkylation sites (N-methyl/N-ethyl adjacent to an activating group) is 1. The van der Waals surface area contributed by atoms with E-state index in [1.165, 1.54) is 11.0 Å². The van der Waals surface area contributed by atoms with Gasteiger partial charge in [0.05, 0.1) is 40.7 Å². The molecule has 0 aliphatic rings. The molecule has 202 valence electrons. The molecule has 3 N–H and O–H groups in total. The maximum Gasteiger partial charge on any atom is 0.253 e. The highest BCUT2D eigenvalue weighted by atomic mass is 127. The smallest absolute Gasteiger partial charge is 0.253 e. The first-order valence-corrected chi connectivity index (χ1v) is 12.9. The lowest BCUT2D eigenvalue weighted by Gasteiger charge is -2.19. The molecule has 39 heavy (non-hydrogen) atoms. The highest BCUT2D eigenvalue weighted by molar-refractivity contribution is 14.1. The van der Waals surface area contributed by atoms with E-state index in [9.17, 15) is 9.59 Å². The van der Waals surface area contributed by atoms with Crippen LogP contribution in [0.5, 0.6) is 5.75 Å². The second-order valence-corrected chi connectivity index (χ2v) is 9.42. The van der Waals surface area contributed by atoms with Crippen LogP contribution in [0.3, 0.4) is 0 Å². The number of ether oxygens (including phenoxy) is 1. The van der Waals surface area contributed by atoms with Crippen molar-refractivity contribution >= 4 is 63.2 Å². The topological polar surface area (TPSA) is 112 Å². The predicted octanol–water partition coefficient (Wildman–Crippen LogP) is 4.02. The number of amides is 2. The first-order chi connectivity index (χ1) is 18.8. The lowest BCUT2D eigenvalue weighted by Crippen LogP contribution is -2.25. The number of aromatic nitrogens is 2. The largest absolute Gasteiger partial charge is 0.494 e. The Labute approximate surface area is 242 Å². The Morgan fingerprint density at radius 3 is 2.56 bits per heavy atom. The van der Waals surface area contributed by atoms with Crippen LogP contribution < -0.4 is 25.6 Å². The molecule has 0 unspecified atom stereocenters. The Morgan fingerprint density at radius 2 is 1.85 bits per heavy atom. The number of hydrogen-bond acceptors (Lipinski definition) is 8. The van der Waals surface area contributed by atoms with Crippen LogP contribution in [0, 0.1) is 15.4 Å². The highest BCUT2D eigenvalue weighted by Gasteiger charge is 2.14. The first-order valence-electron chi connectivity index (χ1n) is 11.9. The van der Waals surface area contributed by atoms with Crippen molar-refractivity contribution in [2.45, 2.75) is 0 Å². The van der Waals surface area contributed by atoms with E-state index in [-0.39, 0.29) is 11.8 Å². The molecule has 2 amide bonds. The number of carbonyl (C=O) groups excluding carboxylic acids is 2. The highest BCUT2D eigenvalue weighted by Crippen LogP contribution is 2.32. The van der Waals surface area contributed by atoms with E-state index in [4.69, 9.17) is 4.74 Å². The number of methoxy groups -OCH3 is 1. The molecule has 3 aromatic rings. The molecule has 0 aliphatic carbocycles. The number of carbonyl (C=O) groups is 2. The van der Waals surface area contributed by atoms with Gasteiger partial charge < -0.3 is 30.5 Å². The van der Waals surface area contributed by atoms with Crippen LogP contribution >= 0.6 is 22.6 Å². The van der Waals surface area contributed by atoms with E-state index in [0.29, 0.717) is 47.5 Å². The van der Waals surface area contributed by atoms with Crippen molar-refractivity contribution in [1.82, 2.24) is 20.2 Å². The van der Waals surface area contributed by atoms with Crippen molar-refractivity contribution in [1.29, 1.82) is 0 Å². The quantitative estimate of drug-likeness (QED) is 0.173. The fraction of sp³-hybridized carbons (Fsp3) is 0.214. The number of hydrogen-bond donors (Lipinski definition) is 3. The van der Waals surface area contributed by atoms with Gasteiger partial charge >= 0.3 is 0 Å². The molecule has 0 saturated carbocycles. The van der Waals surface area contributed by atoms with Crippen LogP contribution in [0.15, 0.2) is 61.3 Å². The van der Waals surface area contributed by atoms with Gasteiger partial charge in [-0.3, -0.25) is 9.59 Å². The van der Waals surface area contributed by atoms with Gasteiger partial charge in [0.1, 0.15) is 11.6 Å². The standard InChI is InChI=1S/C28H30IN7O3/c1-6-25(37)36(4)16-10-9-15-35(3)19-13-14-23(24(17-19)39-5)33-28-31-18-21(29)26(34-28)32-22-12-8-7-11-20(22)27(38)30-2/h6-8,11-14,17-18H,1,15-16H2,2-5H3,(H,30,38)(H2,31,32,33,34). The van der Waals surface area contributed by atoms with Crippen LogP contribution in [-0.4, -0.2) is 68.0 Å². The molecular formula is C28H30IN7O3. The van der Waals surface area contributed by atoms with Gasteiger partial charge in [-0.05, 0) is 52.9 Å². The average molecular weight is 639 g/mol. The number of nitrogens with one attached hydrogen (secondary N) is 3. The summed E-state index contributed by atoms with van der Waals surface area (Å²) in [6, 6.07) is 12.9. The van der Waals surface area contributed by atoms with Gasteiger partial charge in [0.2, 0.25) is 11.9 Å². The summed E-state index contributed by atoms with van der Waals surface area (Å²) in [6.45, 7) is 4.27. The van der Waals surface area contributed by atoms with E-state index >= 15 is 0 Å². The number of benzene rings is 2. The monoisotopic (exact) mass is 639 g/mol. The molecule has 1 aromatic heterocycles. The summed E-state index contributed by atoms with van der Waals surface area (Å²) in [4.78, 5) is 36.3. The van der Waals surface area contributed by atoms with E-state index in [0.717, 1.165) is 9.26 Å². The van der Waals surface area contributed by atoms with Crippen LogP contribution in [0.4, 0.5) is 28.8 Å². The fourth-order valence-corrected chi connectivity index (χ4v) is 3.78. The van der Waals surface area contributed by atoms with Gasteiger partial charge in [-0.15, -0.1) is 0 Å². The Morgan fingerprint density at radius 1 is 1.10 bits per heavy atom. The molecule has 0 radical (unpaired) electrons. The van der Waals surface area contributed by atoms with Crippen LogP contribution in [0.1, 0.15) is 10.4 Å². The number of nitrogens with zero attached hydrogens (tertiary/aromatic N) is 4. The molecule has 3 rings (SSSR count). The minimum Gasteiger partial charge on any atom is -0.494 e. The lowest BCUT2D eigenvalue weighted by molar-refractivity contribution is -0.124. The molecule has 2 aromatic carbocycles. The van der Waals surface area contributed by atoms with E-state index in [1.807, 2.05) is 42.3 Å². The summed E-state index contributed by atoms with van der Waals surface area (Å²) >= 11 is 2.14.